The number of nitrogens with zero attached hydrogens (tertiary/aromatic N) is 1. The molecule has 0 spiro atoms. The Bertz CT molecular complexity index is 362. The van der Waals surface area contributed by atoms with Crippen LogP contribution < -0.4 is 10.5 Å². The monoisotopic (exact) mass is 252 g/mol. The summed E-state index contributed by atoms with van der Waals surface area (Å²) in [5.74, 6) is 3.43. The number of thioether (sulfide) groups is 1. The summed E-state index contributed by atoms with van der Waals surface area (Å²) in [5.41, 5.74) is 7.76. The van der Waals surface area contributed by atoms with Crippen molar-refractivity contribution in [2.24, 2.45) is 0 Å². The Kier molecular flexibility index (Phi) is 4.57. The predicted molar refractivity (Wildman–Crippen MR) is 74.6 cm³/mol. The topological polar surface area (TPSA) is 38.5 Å². The van der Waals surface area contributed by atoms with Crippen molar-refractivity contribution in [1.29, 1.82) is 0 Å². The Labute approximate surface area is 107 Å². The maximum absolute atomic E-state index is 5.76. The van der Waals surface area contributed by atoms with Crippen LogP contribution >= 0.6 is 11.8 Å². The van der Waals surface area contributed by atoms with Crippen molar-refractivity contribution in [2.75, 3.05) is 37.4 Å². The molecular formula is C13H20N2OS. The smallest absolute Gasteiger partial charge is 0.125 e. The van der Waals surface area contributed by atoms with Gasteiger partial charge in [0.25, 0.3) is 0 Å². The number of rotatable bonds is 3. The molecule has 1 aromatic rings. The van der Waals surface area contributed by atoms with Gasteiger partial charge in [0.2, 0.25) is 0 Å². The minimum absolute atomic E-state index is 0.761. The fourth-order valence-corrected chi connectivity index (χ4v) is 3.01. The van der Waals surface area contributed by atoms with E-state index in [0.29, 0.717) is 0 Å². The maximum atomic E-state index is 5.76. The summed E-state index contributed by atoms with van der Waals surface area (Å²) < 4.78 is 5.39. The molecule has 4 heteroatoms. The molecule has 1 heterocycles. The number of methoxy groups -OCH3 is 1. The zero-order valence-corrected chi connectivity index (χ0v) is 11.1. The highest BCUT2D eigenvalue weighted by Gasteiger charge is 2.12. The van der Waals surface area contributed by atoms with Gasteiger partial charge in [0.05, 0.1) is 7.11 Å². The second-order valence-electron chi connectivity index (χ2n) is 4.31. The normalized spacial score (nSPS) is 17.7. The van der Waals surface area contributed by atoms with E-state index in [4.69, 9.17) is 10.5 Å². The van der Waals surface area contributed by atoms with Crippen molar-refractivity contribution in [3.8, 4) is 5.75 Å². The predicted octanol–water partition coefficient (Wildman–Crippen LogP) is 2.22. The molecule has 1 fully saturated rings. The van der Waals surface area contributed by atoms with Crippen molar-refractivity contribution in [3.63, 3.8) is 0 Å². The average Bonchev–Trinajstić information content (AvgIpc) is 2.60. The molecule has 0 amide bonds. The third kappa shape index (κ3) is 3.54. The molecular weight excluding hydrogens is 232 g/mol. The highest BCUT2D eigenvalue weighted by Crippen LogP contribution is 2.23. The lowest BCUT2D eigenvalue weighted by Gasteiger charge is -2.20. The molecule has 1 saturated heterocycles. The first kappa shape index (κ1) is 12.6. The van der Waals surface area contributed by atoms with Gasteiger partial charge in [-0.3, -0.25) is 4.90 Å². The summed E-state index contributed by atoms with van der Waals surface area (Å²) in [6.07, 6.45) is 1.28. The van der Waals surface area contributed by atoms with Crippen LogP contribution in [0.15, 0.2) is 18.2 Å². The number of hydrogen-bond acceptors (Lipinski definition) is 4. The molecule has 0 bridgehead atoms. The van der Waals surface area contributed by atoms with E-state index >= 15 is 0 Å². The van der Waals surface area contributed by atoms with Crippen LogP contribution in [0.3, 0.4) is 0 Å². The molecule has 0 radical (unpaired) electrons. The largest absolute Gasteiger partial charge is 0.496 e. The average molecular weight is 252 g/mol. The number of hydrogen-bond donors (Lipinski definition) is 1. The second-order valence-corrected chi connectivity index (χ2v) is 5.54. The SMILES string of the molecule is COc1cc(N)ccc1CN1CCCSCC1. The molecule has 2 rings (SSSR count). The van der Waals surface area contributed by atoms with Gasteiger partial charge in [0.1, 0.15) is 5.75 Å². The molecule has 0 saturated carbocycles. The Morgan fingerprint density at radius 3 is 3.06 bits per heavy atom. The molecule has 0 aromatic heterocycles. The first-order valence-electron chi connectivity index (χ1n) is 6.02. The summed E-state index contributed by atoms with van der Waals surface area (Å²) in [5, 5.41) is 0. The molecule has 3 nitrogen and oxygen atoms in total. The molecule has 17 heavy (non-hydrogen) atoms. The highest BCUT2D eigenvalue weighted by molar-refractivity contribution is 7.99. The number of benzene rings is 1. The number of nitrogen functional groups attached to an aromatic ring is 1. The maximum Gasteiger partial charge on any atom is 0.125 e. The molecule has 0 aliphatic carbocycles. The summed E-state index contributed by atoms with van der Waals surface area (Å²) >= 11 is 2.05. The van der Waals surface area contributed by atoms with Crippen LogP contribution in [0, 0.1) is 0 Å². The molecule has 1 aliphatic heterocycles. The van der Waals surface area contributed by atoms with E-state index in [9.17, 15) is 0 Å². The van der Waals surface area contributed by atoms with Crippen molar-refractivity contribution in [2.45, 2.75) is 13.0 Å². The van der Waals surface area contributed by atoms with Gasteiger partial charge in [-0.2, -0.15) is 11.8 Å². The van der Waals surface area contributed by atoms with Gasteiger partial charge in [-0.1, -0.05) is 6.07 Å². The summed E-state index contributed by atoms with van der Waals surface area (Å²) in [4.78, 5) is 2.49. The Morgan fingerprint density at radius 2 is 2.24 bits per heavy atom. The van der Waals surface area contributed by atoms with E-state index in [-0.39, 0.29) is 0 Å². The Morgan fingerprint density at radius 1 is 1.35 bits per heavy atom. The minimum Gasteiger partial charge on any atom is -0.496 e. The van der Waals surface area contributed by atoms with E-state index in [1.807, 2.05) is 23.9 Å². The van der Waals surface area contributed by atoms with Gasteiger partial charge in [-0.15, -0.1) is 0 Å². The third-order valence-electron chi connectivity index (χ3n) is 3.02. The quantitative estimate of drug-likeness (QED) is 0.837. The minimum atomic E-state index is 0.761. The van der Waals surface area contributed by atoms with Gasteiger partial charge in [-0.25, -0.2) is 0 Å². The van der Waals surface area contributed by atoms with Crippen molar-refractivity contribution >= 4 is 17.4 Å². The van der Waals surface area contributed by atoms with Crippen molar-refractivity contribution in [3.05, 3.63) is 23.8 Å². The van der Waals surface area contributed by atoms with Gasteiger partial charge in [0.15, 0.2) is 0 Å². The first-order valence-corrected chi connectivity index (χ1v) is 7.17. The first-order chi connectivity index (χ1) is 8.29. The van der Waals surface area contributed by atoms with E-state index < -0.39 is 0 Å². The van der Waals surface area contributed by atoms with Gasteiger partial charge in [0, 0.05) is 36.2 Å². The zero-order chi connectivity index (χ0) is 12.1. The second kappa shape index (κ2) is 6.17. The Hall–Kier alpha value is -0.870. The summed E-state index contributed by atoms with van der Waals surface area (Å²) in [7, 11) is 1.70. The van der Waals surface area contributed by atoms with E-state index in [0.717, 1.165) is 24.5 Å². The standard InChI is InChI=1S/C13H20N2OS/c1-16-13-9-12(14)4-3-11(13)10-15-5-2-7-17-8-6-15/h3-4,9H,2,5-8,10,14H2,1H3. The molecule has 2 N–H and O–H groups in total. The van der Waals surface area contributed by atoms with Gasteiger partial charge < -0.3 is 10.5 Å². The van der Waals surface area contributed by atoms with Gasteiger partial charge >= 0.3 is 0 Å². The lowest BCUT2D eigenvalue weighted by Crippen LogP contribution is -2.25. The van der Waals surface area contributed by atoms with Crippen LogP contribution in [0.2, 0.25) is 0 Å². The lowest BCUT2D eigenvalue weighted by molar-refractivity contribution is 0.281. The van der Waals surface area contributed by atoms with Crippen molar-refractivity contribution in [1.82, 2.24) is 4.90 Å². The number of nitrogens with two attached hydrogens (primary N) is 1. The van der Waals surface area contributed by atoms with E-state index in [2.05, 4.69) is 11.0 Å². The van der Waals surface area contributed by atoms with Crippen LogP contribution in [-0.2, 0) is 6.54 Å². The summed E-state index contributed by atoms with van der Waals surface area (Å²) in [6.45, 7) is 3.31. The molecule has 0 unspecified atom stereocenters. The van der Waals surface area contributed by atoms with Crippen LogP contribution in [0.5, 0.6) is 5.75 Å². The van der Waals surface area contributed by atoms with E-state index in [1.165, 1.54) is 30.0 Å². The third-order valence-corrected chi connectivity index (χ3v) is 4.07. The van der Waals surface area contributed by atoms with Crippen LogP contribution in [0.1, 0.15) is 12.0 Å². The zero-order valence-electron chi connectivity index (χ0n) is 10.3. The molecule has 94 valence electrons. The fourth-order valence-electron chi connectivity index (χ4n) is 2.09. The van der Waals surface area contributed by atoms with Gasteiger partial charge in [-0.05, 0) is 24.8 Å². The fraction of sp³-hybridized carbons (Fsp3) is 0.538. The van der Waals surface area contributed by atoms with Crippen LogP contribution in [0.25, 0.3) is 0 Å². The van der Waals surface area contributed by atoms with E-state index in [1.54, 1.807) is 7.11 Å². The van der Waals surface area contributed by atoms with Crippen molar-refractivity contribution < 1.29 is 4.74 Å². The highest BCUT2D eigenvalue weighted by atomic mass is 32.2. The lowest BCUT2D eigenvalue weighted by atomic mass is 10.1. The molecule has 1 aliphatic rings. The van der Waals surface area contributed by atoms with Crippen LogP contribution in [0.4, 0.5) is 5.69 Å². The molecule has 1 aromatic carbocycles. The Balaban J connectivity index is 2.06. The summed E-state index contributed by atoms with van der Waals surface area (Å²) in [6, 6.07) is 5.93. The number of anilines is 1. The van der Waals surface area contributed by atoms with Crippen LogP contribution in [-0.4, -0.2) is 36.6 Å². The molecule has 0 atom stereocenters. The number of ether oxygens (including phenoxy) is 1.